The summed E-state index contributed by atoms with van der Waals surface area (Å²) >= 11 is 0. The molecular formula is C23H25FN2O4. The lowest BCUT2D eigenvalue weighted by molar-refractivity contribution is 0.0508. The number of nitrogens with one attached hydrogen (secondary N) is 1. The van der Waals surface area contributed by atoms with Crippen LogP contribution in [0.25, 0.3) is 22.4 Å². The van der Waals surface area contributed by atoms with Crippen LogP contribution in [0.3, 0.4) is 0 Å². The monoisotopic (exact) mass is 412 g/mol. The highest BCUT2D eigenvalue weighted by Crippen LogP contribution is 2.31. The number of benzene rings is 1. The molecule has 158 valence electrons. The van der Waals surface area contributed by atoms with Gasteiger partial charge in [0.1, 0.15) is 16.9 Å². The zero-order valence-electron chi connectivity index (χ0n) is 17.9. The normalized spacial score (nSPS) is 12.6. The van der Waals surface area contributed by atoms with E-state index in [0.29, 0.717) is 10.9 Å². The molecule has 1 atom stereocenters. The van der Waals surface area contributed by atoms with Gasteiger partial charge in [0.2, 0.25) is 0 Å². The topological polar surface area (TPSA) is 81.4 Å². The second kappa shape index (κ2) is 7.89. The maximum Gasteiger partial charge on any atom is 0.408 e. The number of amides is 1. The molecule has 0 aliphatic carbocycles. The Bertz CT molecular complexity index is 1180. The van der Waals surface area contributed by atoms with E-state index in [1.807, 2.05) is 13.0 Å². The molecule has 0 aliphatic rings. The summed E-state index contributed by atoms with van der Waals surface area (Å²) in [4.78, 5) is 29.3. The first-order valence-corrected chi connectivity index (χ1v) is 9.66. The van der Waals surface area contributed by atoms with Crippen LogP contribution in [-0.4, -0.2) is 16.7 Å². The number of rotatable bonds is 3. The van der Waals surface area contributed by atoms with Crippen LogP contribution in [0.2, 0.25) is 0 Å². The number of hydrogen-bond acceptors (Lipinski definition) is 5. The van der Waals surface area contributed by atoms with Gasteiger partial charge in [-0.3, -0.25) is 4.79 Å². The van der Waals surface area contributed by atoms with Crippen molar-refractivity contribution in [1.29, 1.82) is 0 Å². The highest BCUT2D eigenvalue weighted by molar-refractivity contribution is 5.84. The van der Waals surface area contributed by atoms with Gasteiger partial charge in [0, 0.05) is 17.3 Å². The van der Waals surface area contributed by atoms with Crippen LogP contribution in [0.5, 0.6) is 0 Å². The fourth-order valence-corrected chi connectivity index (χ4v) is 3.23. The lowest BCUT2D eigenvalue weighted by Gasteiger charge is -2.22. The Hall–Kier alpha value is -3.22. The average Bonchev–Trinajstić information content (AvgIpc) is 2.63. The molecule has 0 spiro atoms. The van der Waals surface area contributed by atoms with Crippen molar-refractivity contribution in [2.45, 2.75) is 53.2 Å². The van der Waals surface area contributed by atoms with Crippen LogP contribution in [-0.2, 0) is 4.74 Å². The van der Waals surface area contributed by atoms with Crippen molar-refractivity contribution in [3.05, 3.63) is 63.2 Å². The van der Waals surface area contributed by atoms with Gasteiger partial charge in [-0.15, -0.1) is 0 Å². The summed E-state index contributed by atoms with van der Waals surface area (Å²) in [5.41, 5.74) is 1.01. The lowest BCUT2D eigenvalue weighted by atomic mass is 9.99. The molecule has 1 aromatic carbocycles. The van der Waals surface area contributed by atoms with Gasteiger partial charge in [-0.2, -0.15) is 0 Å². The standard InChI is InChI=1S/C23H25FN2O4/c1-12-10-15(14(3)26-22(28)30-23(4,5)6)21-16(11-12)19(27)13(2)20(29-21)18-17(24)8-7-9-25-18/h7-11,14H,1-6H3,(H,26,28)/t14-/m1/s1. The zero-order chi connectivity index (χ0) is 22.2. The van der Waals surface area contributed by atoms with Gasteiger partial charge < -0.3 is 14.5 Å². The fraction of sp³-hybridized carbons (Fsp3) is 0.348. The van der Waals surface area contributed by atoms with Gasteiger partial charge in [0.05, 0.1) is 11.4 Å². The predicted molar refractivity (Wildman–Crippen MR) is 113 cm³/mol. The third-order valence-electron chi connectivity index (χ3n) is 4.57. The van der Waals surface area contributed by atoms with Crippen molar-refractivity contribution < 1.29 is 18.3 Å². The molecule has 2 aromatic heterocycles. The molecular weight excluding hydrogens is 387 g/mol. The van der Waals surface area contributed by atoms with E-state index in [0.717, 1.165) is 5.56 Å². The largest absolute Gasteiger partial charge is 0.453 e. The molecule has 0 bridgehead atoms. The van der Waals surface area contributed by atoms with E-state index in [9.17, 15) is 14.0 Å². The molecule has 0 radical (unpaired) electrons. The van der Waals surface area contributed by atoms with Crippen LogP contribution >= 0.6 is 0 Å². The Labute approximate surface area is 174 Å². The SMILES string of the molecule is Cc1cc([C@@H](C)NC(=O)OC(C)(C)C)c2oc(-c3ncccc3F)c(C)c(=O)c2c1. The van der Waals surface area contributed by atoms with Gasteiger partial charge in [0.15, 0.2) is 17.0 Å². The smallest absolute Gasteiger partial charge is 0.408 e. The van der Waals surface area contributed by atoms with Crippen LogP contribution in [0, 0.1) is 19.7 Å². The lowest BCUT2D eigenvalue weighted by Crippen LogP contribution is -2.34. The van der Waals surface area contributed by atoms with E-state index in [2.05, 4.69) is 10.3 Å². The van der Waals surface area contributed by atoms with E-state index in [4.69, 9.17) is 9.15 Å². The molecule has 0 fully saturated rings. The van der Waals surface area contributed by atoms with Crippen LogP contribution < -0.4 is 10.7 Å². The molecule has 6 nitrogen and oxygen atoms in total. The Morgan fingerprint density at radius 2 is 1.97 bits per heavy atom. The maximum absolute atomic E-state index is 14.3. The number of pyridine rings is 1. The molecule has 0 unspecified atom stereocenters. The number of aryl methyl sites for hydroxylation is 1. The van der Waals surface area contributed by atoms with Gasteiger partial charge in [-0.1, -0.05) is 6.07 Å². The van der Waals surface area contributed by atoms with Crippen LogP contribution in [0.15, 0.2) is 39.7 Å². The minimum atomic E-state index is -0.647. The third kappa shape index (κ3) is 4.35. The molecule has 0 saturated heterocycles. The van der Waals surface area contributed by atoms with Crippen molar-refractivity contribution in [2.75, 3.05) is 0 Å². The Balaban J connectivity index is 2.17. The second-order valence-electron chi connectivity index (χ2n) is 8.32. The van der Waals surface area contributed by atoms with Crippen LogP contribution in [0.1, 0.15) is 50.4 Å². The number of nitrogens with zero attached hydrogens (tertiary/aromatic N) is 1. The Morgan fingerprint density at radius 3 is 2.60 bits per heavy atom. The third-order valence-corrected chi connectivity index (χ3v) is 4.57. The molecule has 0 aliphatic heterocycles. The van der Waals surface area contributed by atoms with E-state index in [-0.39, 0.29) is 28.0 Å². The summed E-state index contributed by atoms with van der Waals surface area (Å²) in [6.45, 7) is 10.5. The van der Waals surface area contributed by atoms with Crippen molar-refractivity contribution in [3.8, 4) is 11.5 Å². The molecule has 2 heterocycles. The number of alkyl carbamates (subject to hydrolysis) is 1. The first-order valence-electron chi connectivity index (χ1n) is 9.66. The second-order valence-corrected chi connectivity index (χ2v) is 8.32. The number of halogens is 1. The first kappa shape index (κ1) is 21.5. The quantitative estimate of drug-likeness (QED) is 0.640. The number of carbonyl (C=O) groups is 1. The predicted octanol–water partition coefficient (Wildman–Crippen LogP) is 5.20. The summed E-state index contributed by atoms with van der Waals surface area (Å²) < 4.78 is 25.7. The van der Waals surface area contributed by atoms with E-state index < -0.39 is 23.6 Å². The van der Waals surface area contributed by atoms with Gasteiger partial charge >= 0.3 is 6.09 Å². The summed E-state index contributed by atoms with van der Waals surface area (Å²) in [5.74, 6) is -0.517. The van der Waals surface area contributed by atoms with Crippen molar-refractivity contribution in [1.82, 2.24) is 10.3 Å². The zero-order valence-corrected chi connectivity index (χ0v) is 17.9. The molecule has 30 heavy (non-hydrogen) atoms. The fourth-order valence-electron chi connectivity index (χ4n) is 3.23. The van der Waals surface area contributed by atoms with E-state index in [1.165, 1.54) is 18.3 Å². The van der Waals surface area contributed by atoms with Crippen molar-refractivity contribution in [3.63, 3.8) is 0 Å². The van der Waals surface area contributed by atoms with Gasteiger partial charge in [0.25, 0.3) is 0 Å². The number of aromatic nitrogens is 1. The minimum Gasteiger partial charge on any atom is -0.453 e. The molecule has 0 saturated carbocycles. The highest BCUT2D eigenvalue weighted by atomic mass is 19.1. The highest BCUT2D eigenvalue weighted by Gasteiger charge is 2.23. The van der Waals surface area contributed by atoms with Crippen molar-refractivity contribution >= 4 is 17.1 Å². The summed E-state index contributed by atoms with van der Waals surface area (Å²) in [6.07, 6.45) is 0.847. The number of hydrogen-bond donors (Lipinski definition) is 1. The molecule has 3 rings (SSSR count). The van der Waals surface area contributed by atoms with Gasteiger partial charge in [-0.25, -0.2) is 14.2 Å². The molecule has 3 aromatic rings. The number of fused-ring (bicyclic) bond motifs is 1. The Kier molecular flexibility index (Phi) is 5.65. The van der Waals surface area contributed by atoms with Crippen molar-refractivity contribution in [2.24, 2.45) is 0 Å². The maximum atomic E-state index is 14.3. The Morgan fingerprint density at radius 1 is 1.27 bits per heavy atom. The van der Waals surface area contributed by atoms with E-state index in [1.54, 1.807) is 40.7 Å². The summed E-state index contributed by atoms with van der Waals surface area (Å²) in [7, 11) is 0. The van der Waals surface area contributed by atoms with E-state index >= 15 is 0 Å². The molecule has 1 N–H and O–H groups in total. The van der Waals surface area contributed by atoms with Gasteiger partial charge in [-0.05, 0) is 65.3 Å². The summed E-state index contributed by atoms with van der Waals surface area (Å²) in [6, 6.07) is 5.75. The van der Waals surface area contributed by atoms with Crippen LogP contribution in [0.4, 0.5) is 9.18 Å². The minimum absolute atomic E-state index is 0.0340. The molecule has 1 amide bonds. The average molecular weight is 412 g/mol. The number of ether oxygens (including phenoxy) is 1. The first-order chi connectivity index (χ1) is 14.0. The number of carbonyl (C=O) groups excluding carboxylic acids is 1. The summed E-state index contributed by atoms with van der Waals surface area (Å²) in [5, 5.41) is 3.13. The molecule has 7 heteroatoms.